The molecule has 0 saturated heterocycles. The molecular formula is C13H15ClN2O2. The predicted octanol–water partition coefficient (Wildman–Crippen LogP) is 3.71. The molecule has 0 unspecified atom stereocenters. The molecule has 0 aliphatic carbocycles. The summed E-state index contributed by atoms with van der Waals surface area (Å²) >= 11 is 6.28. The first-order valence-corrected chi connectivity index (χ1v) is 6.00. The maximum atomic E-state index is 6.28. The Morgan fingerprint density at radius 2 is 2.06 bits per heavy atom. The third kappa shape index (κ3) is 2.29. The standard InChI is InChI=1S/C13H15ClN2O2/c1-7(2)8-4-9(10-6-12(15)16-18-10)13(14)11(5-8)17-3/h4-7H,1-3H3,(H2,15,16). The van der Waals surface area contributed by atoms with Crippen LogP contribution in [0.4, 0.5) is 5.82 Å². The largest absolute Gasteiger partial charge is 0.495 e. The molecule has 2 aromatic rings. The molecule has 0 radical (unpaired) electrons. The molecule has 0 spiro atoms. The lowest BCUT2D eigenvalue weighted by Gasteiger charge is -2.12. The monoisotopic (exact) mass is 266 g/mol. The van der Waals surface area contributed by atoms with Gasteiger partial charge >= 0.3 is 0 Å². The summed E-state index contributed by atoms with van der Waals surface area (Å²) in [6.07, 6.45) is 0. The Labute approximate surface area is 111 Å². The zero-order chi connectivity index (χ0) is 13.3. The molecule has 0 amide bonds. The first kappa shape index (κ1) is 12.8. The Balaban J connectivity index is 2.61. The van der Waals surface area contributed by atoms with Crippen molar-refractivity contribution in [2.24, 2.45) is 0 Å². The van der Waals surface area contributed by atoms with E-state index in [9.17, 15) is 0 Å². The fourth-order valence-corrected chi connectivity index (χ4v) is 1.98. The van der Waals surface area contributed by atoms with Crippen LogP contribution >= 0.6 is 11.6 Å². The molecular weight excluding hydrogens is 252 g/mol. The lowest BCUT2D eigenvalue weighted by atomic mass is 9.99. The minimum Gasteiger partial charge on any atom is -0.495 e. The summed E-state index contributed by atoms with van der Waals surface area (Å²) in [4.78, 5) is 0. The number of nitrogens with zero attached hydrogens (tertiary/aromatic N) is 1. The van der Waals surface area contributed by atoms with Crippen LogP contribution in [-0.2, 0) is 0 Å². The maximum absolute atomic E-state index is 6.28. The van der Waals surface area contributed by atoms with Crippen molar-refractivity contribution in [3.8, 4) is 17.1 Å². The third-order valence-electron chi connectivity index (χ3n) is 2.74. The first-order valence-electron chi connectivity index (χ1n) is 5.63. The van der Waals surface area contributed by atoms with Gasteiger partial charge in [-0.3, -0.25) is 0 Å². The molecule has 0 aliphatic heterocycles. The maximum Gasteiger partial charge on any atom is 0.170 e. The van der Waals surface area contributed by atoms with E-state index in [0.717, 1.165) is 11.1 Å². The van der Waals surface area contributed by atoms with E-state index in [1.54, 1.807) is 13.2 Å². The molecule has 0 bridgehead atoms. The lowest BCUT2D eigenvalue weighted by molar-refractivity contribution is 0.413. The van der Waals surface area contributed by atoms with Gasteiger partial charge in [-0.2, -0.15) is 0 Å². The van der Waals surface area contributed by atoms with Gasteiger partial charge in [0.05, 0.1) is 12.1 Å². The fraction of sp³-hybridized carbons (Fsp3) is 0.308. The Morgan fingerprint density at radius 3 is 2.56 bits per heavy atom. The number of anilines is 1. The summed E-state index contributed by atoms with van der Waals surface area (Å²) in [6.45, 7) is 4.20. The van der Waals surface area contributed by atoms with E-state index < -0.39 is 0 Å². The van der Waals surface area contributed by atoms with Crippen LogP contribution in [0.3, 0.4) is 0 Å². The quantitative estimate of drug-likeness (QED) is 0.920. The van der Waals surface area contributed by atoms with E-state index in [4.69, 9.17) is 26.6 Å². The van der Waals surface area contributed by atoms with Gasteiger partial charge in [0, 0.05) is 11.6 Å². The van der Waals surface area contributed by atoms with Crippen LogP contribution in [0.2, 0.25) is 5.02 Å². The molecule has 96 valence electrons. The SMILES string of the molecule is COc1cc(C(C)C)cc(-c2cc(N)no2)c1Cl. The van der Waals surface area contributed by atoms with Gasteiger partial charge in [-0.25, -0.2) is 0 Å². The Kier molecular flexibility index (Phi) is 3.48. The second-order valence-corrected chi connectivity index (χ2v) is 4.73. The Hall–Kier alpha value is -1.68. The van der Waals surface area contributed by atoms with Gasteiger partial charge in [-0.1, -0.05) is 30.6 Å². The topological polar surface area (TPSA) is 61.3 Å². The molecule has 1 aromatic carbocycles. The molecule has 0 fully saturated rings. The first-order chi connectivity index (χ1) is 8.52. The van der Waals surface area contributed by atoms with Gasteiger partial charge < -0.3 is 15.0 Å². The second kappa shape index (κ2) is 4.90. The zero-order valence-electron chi connectivity index (χ0n) is 10.5. The van der Waals surface area contributed by atoms with Crippen molar-refractivity contribution in [1.29, 1.82) is 0 Å². The summed E-state index contributed by atoms with van der Waals surface area (Å²) in [6, 6.07) is 5.54. The summed E-state index contributed by atoms with van der Waals surface area (Å²) in [5.41, 5.74) is 7.41. The van der Waals surface area contributed by atoms with E-state index in [1.165, 1.54) is 0 Å². The zero-order valence-corrected chi connectivity index (χ0v) is 11.3. The van der Waals surface area contributed by atoms with Gasteiger partial charge in [-0.05, 0) is 23.6 Å². The van der Waals surface area contributed by atoms with Crippen LogP contribution in [0, 0.1) is 0 Å². The highest BCUT2D eigenvalue weighted by Crippen LogP contribution is 2.38. The normalized spacial score (nSPS) is 10.9. The summed E-state index contributed by atoms with van der Waals surface area (Å²) in [5, 5.41) is 4.17. The number of nitrogen functional groups attached to an aromatic ring is 1. The second-order valence-electron chi connectivity index (χ2n) is 4.36. The number of halogens is 1. The van der Waals surface area contributed by atoms with Crippen LogP contribution in [0.1, 0.15) is 25.3 Å². The van der Waals surface area contributed by atoms with Crippen molar-refractivity contribution in [3.05, 3.63) is 28.8 Å². The summed E-state index contributed by atoms with van der Waals surface area (Å²) in [5.74, 6) is 1.84. The highest BCUT2D eigenvalue weighted by Gasteiger charge is 2.16. The number of rotatable bonds is 3. The lowest BCUT2D eigenvalue weighted by Crippen LogP contribution is -1.93. The van der Waals surface area contributed by atoms with Gasteiger partial charge in [0.15, 0.2) is 11.6 Å². The molecule has 0 atom stereocenters. The smallest absolute Gasteiger partial charge is 0.170 e. The van der Waals surface area contributed by atoms with Gasteiger partial charge in [0.1, 0.15) is 5.75 Å². The molecule has 4 nitrogen and oxygen atoms in total. The number of methoxy groups -OCH3 is 1. The highest BCUT2D eigenvalue weighted by atomic mass is 35.5. The van der Waals surface area contributed by atoms with Crippen molar-refractivity contribution >= 4 is 17.4 Å². The minimum atomic E-state index is 0.329. The van der Waals surface area contributed by atoms with Crippen LogP contribution in [0.5, 0.6) is 5.75 Å². The number of ether oxygens (including phenoxy) is 1. The predicted molar refractivity (Wildman–Crippen MR) is 72.0 cm³/mol. The third-order valence-corrected chi connectivity index (χ3v) is 3.13. The van der Waals surface area contributed by atoms with E-state index in [1.807, 2.05) is 12.1 Å². The van der Waals surface area contributed by atoms with Crippen molar-refractivity contribution in [3.63, 3.8) is 0 Å². The van der Waals surface area contributed by atoms with Crippen molar-refractivity contribution in [2.75, 3.05) is 12.8 Å². The fourth-order valence-electron chi connectivity index (χ4n) is 1.70. The van der Waals surface area contributed by atoms with E-state index in [0.29, 0.717) is 28.3 Å². The number of benzene rings is 1. The van der Waals surface area contributed by atoms with Crippen LogP contribution in [-0.4, -0.2) is 12.3 Å². The summed E-state index contributed by atoms with van der Waals surface area (Å²) in [7, 11) is 1.59. The molecule has 1 aromatic heterocycles. The average molecular weight is 267 g/mol. The Bertz CT molecular complexity index is 564. The van der Waals surface area contributed by atoms with Gasteiger partial charge in [0.2, 0.25) is 0 Å². The number of hydrogen-bond acceptors (Lipinski definition) is 4. The van der Waals surface area contributed by atoms with Crippen molar-refractivity contribution < 1.29 is 9.26 Å². The molecule has 18 heavy (non-hydrogen) atoms. The van der Waals surface area contributed by atoms with E-state index in [2.05, 4.69) is 19.0 Å². The molecule has 1 heterocycles. The molecule has 0 saturated carbocycles. The minimum absolute atomic E-state index is 0.329. The number of aromatic nitrogens is 1. The Morgan fingerprint density at radius 1 is 1.33 bits per heavy atom. The molecule has 2 rings (SSSR count). The van der Waals surface area contributed by atoms with E-state index >= 15 is 0 Å². The highest BCUT2D eigenvalue weighted by molar-refractivity contribution is 6.34. The van der Waals surface area contributed by atoms with E-state index in [-0.39, 0.29) is 0 Å². The molecule has 5 heteroatoms. The number of nitrogens with two attached hydrogens (primary N) is 1. The van der Waals surface area contributed by atoms with Crippen molar-refractivity contribution in [2.45, 2.75) is 19.8 Å². The summed E-state index contributed by atoms with van der Waals surface area (Å²) < 4.78 is 10.4. The van der Waals surface area contributed by atoms with Crippen molar-refractivity contribution in [1.82, 2.24) is 5.16 Å². The number of hydrogen-bond donors (Lipinski definition) is 1. The van der Waals surface area contributed by atoms with Gasteiger partial charge in [-0.15, -0.1) is 0 Å². The van der Waals surface area contributed by atoms with Crippen LogP contribution in [0.15, 0.2) is 22.7 Å². The van der Waals surface area contributed by atoms with Crippen LogP contribution < -0.4 is 10.5 Å². The molecule has 2 N–H and O–H groups in total. The van der Waals surface area contributed by atoms with Gasteiger partial charge in [0.25, 0.3) is 0 Å². The van der Waals surface area contributed by atoms with Crippen LogP contribution in [0.25, 0.3) is 11.3 Å². The average Bonchev–Trinajstić information content (AvgIpc) is 2.75. The molecule has 0 aliphatic rings.